The van der Waals surface area contributed by atoms with Crippen LogP contribution in [0.15, 0.2) is 72.3 Å². The number of halogens is 1. The number of rotatable bonds is 5. The Labute approximate surface area is 204 Å². The summed E-state index contributed by atoms with van der Waals surface area (Å²) in [6, 6.07) is 17.0. The highest BCUT2D eigenvalue weighted by atomic mass is 32.1. The number of ether oxygens (including phenoxy) is 1. The Balaban J connectivity index is 1.73. The van der Waals surface area contributed by atoms with Gasteiger partial charge in [-0.2, -0.15) is 0 Å². The van der Waals surface area contributed by atoms with Crippen LogP contribution in [0.4, 0.5) is 9.52 Å². The van der Waals surface area contributed by atoms with Crippen molar-refractivity contribution in [2.24, 2.45) is 0 Å². The molecule has 1 saturated heterocycles. The first kappa shape index (κ1) is 22.7. The molecule has 3 aromatic carbocycles. The number of hydrogen-bond donors (Lipinski definition) is 1. The van der Waals surface area contributed by atoms with Gasteiger partial charge in [0.2, 0.25) is 0 Å². The first-order valence-corrected chi connectivity index (χ1v) is 11.9. The van der Waals surface area contributed by atoms with Crippen LogP contribution in [-0.2, 0) is 9.59 Å². The zero-order chi connectivity index (χ0) is 24.7. The van der Waals surface area contributed by atoms with Crippen molar-refractivity contribution in [3.05, 3.63) is 94.8 Å². The Kier molecular flexibility index (Phi) is 5.82. The van der Waals surface area contributed by atoms with Crippen LogP contribution in [0.5, 0.6) is 5.75 Å². The van der Waals surface area contributed by atoms with E-state index >= 15 is 4.39 Å². The summed E-state index contributed by atoms with van der Waals surface area (Å²) in [4.78, 5) is 32.3. The van der Waals surface area contributed by atoms with Gasteiger partial charge in [-0.15, -0.1) is 0 Å². The number of aryl methyl sites for hydroxylation is 1. The zero-order valence-electron chi connectivity index (χ0n) is 19.0. The molecule has 1 N–H and O–H groups in total. The lowest BCUT2D eigenvalue weighted by molar-refractivity contribution is -0.132. The third kappa shape index (κ3) is 3.95. The normalized spacial score (nSPS) is 17.3. The van der Waals surface area contributed by atoms with Crippen LogP contribution < -0.4 is 9.64 Å². The Bertz CT molecular complexity index is 1510. The highest BCUT2D eigenvalue weighted by molar-refractivity contribution is 7.22. The quantitative estimate of drug-likeness (QED) is 0.219. The molecule has 6 nitrogen and oxygen atoms in total. The molecular weight excluding hydrogens is 467 g/mol. The van der Waals surface area contributed by atoms with Crippen molar-refractivity contribution in [1.29, 1.82) is 0 Å². The smallest absolute Gasteiger partial charge is 0.301 e. The average Bonchev–Trinajstić information content (AvgIpc) is 3.37. The number of Topliss-reactive ketones (excluding diaryl/α,β-unsaturated/α-hetero) is 1. The highest BCUT2D eigenvalue weighted by Crippen LogP contribution is 2.45. The third-order valence-corrected chi connectivity index (χ3v) is 6.82. The predicted molar refractivity (Wildman–Crippen MR) is 133 cm³/mol. The van der Waals surface area contributed by atoms with E-state index < -0.39 is 29.3 Å². The fourth-order valence-corrected chi connectivity index (χ4v) is 5.29. The fraction of sp³-hybridized carbons (Fsp3) is 0.148. The number of aliphatic hydroxyl groups is 1. The summed E-state index contributed by atoms with van der Waals surface area (Å²) in [5.41, 5.74) is 1.85. The largest absolute Gasteiger partial charge is 0.507 e. The number of aliphatic hydroxyl groups excluding tert-OH is 1. The second kappa shape index (κ2) is 8.96. The summed E-state index contributed by atoms with van der Waals surface area (Å²) in [6.45, 7) is 4.19. The number of thiazole rings is 1. The summed E-state index contributed by atoms with van der Waals surface area (Å²) in [6.07, 6.45) is 0. The minimum atomic E-state index is -1.19. The molecule has 0 radical (unpaired) electrons. The number of nitrogens with zero attached hydrogens (tertiary/aromatic N) is 2. The second-order valence-electron chi connectivity index (χ2n) is 8.12. The molecule has 8 heteroatoms. The molecule has 0 bridgehead atoms. The number of anilines is 1. The van der Waals surface area contributed by atoms with Crippen molar-refractivity contribution in [2.75, 3.05) is 11.5 Å². The van der Waals surface area contributed by atoms with Gasteiger partial charge in [0.05, 0.1) is 22.4 Å². The van der Waals surface area contributed by atoms with Crippen molar-refractivity contribution in [2.45, 2.75) is 19.9 Å². The van der Waals surface area contributed by atoms with Gasteiger partial charge < -0.3 is 9.84 Å². The lowest BCUT2D eigenvalue weighted by Crippen LogP contribution is -2.29. The second-order valence-corrected chi connectivity index (χ2v) is 9.13. The van der Waals surface area contributed by atoms with Crippen LogP contribution in [0.3, 0.4) is 0 Å². The van der Waals surface area contributed by atoms with E-state index in [-0.39, 0.29) is 21.8 Å². The Morgan fingerprint density at radius 3 is 2.69 bits per heavy atom. The molecule has 1 aliphatic heterocycles. The molecule has 2 heterocycles. The van der Waals surface area contributed by atoms with Crippen molar-refractivity contribution in [3.63, 3.8) is 0 Å². The van der Waals surface area contributed by atoms with E-state index in [4.69, 9.17) is 4.74 Å². The van der Waals surface area contributed by atoms with Gasteiger partial charge in [-0.25, -0.2) is 9.37 Å². The molecular formula is C27H21FN2O4S. The van der Waals surface area contributed by atoms with Gasteiger partial charge in [0, 0.05) is 11.1 Å². The Morgan fingerprint density at radius 1 is 1.11 bits per heavy atom. The molecule has 1 amide bonds. The first-order valence-electron chi connectivity index (χ1n) is 11.0. The molecule has 1 unspecified atom stereocenters. The van der Waals surface area contributed by atoms with E-state index in [0.29, 0.717) is 17.9 Å². The molecule has 0 aliphatic carbocycles. The Morgan fingerprint density at radius 2 is 1.91 bits per heavy atom. The van der Waals surface area contributed by atoms with E-state index in [2.05, 4.69) is 4.98 Å². The van der Waals surface area contributed by atoms with Gasteiger partial charge in [-0.1, -0.05) is 47.7 Å². The molecule has 1 atom stereocenters. The molecule has 0 spiro atoms. The van der Waals surface area contributed by atoms with Crippen molar-refractivity contribution < 1.29 is 23.8 Å². The molecule has 1 aromatic heterocycles. The number of carbonyl (C=O) groups is 2. The molecule has 4 aromatic rings. The standard InChI is InChI=1S/C27H21FN2O4S/c1-3-34-17-8-6-7-16(14-17)24(31)22-23(18-9-4-5-10-19(18)28)30(26(33)25(22)32)27-29-20-12-11-15(2)13-21(20)35-27/h4-14,23,31H,3H2,1-2H3. The summed E-state index contributed by atoms with van der Waals surface area (Å²) in [5, 5.41) is 11.5. The van der Waals surface area contributed by atoms with Crippen LogP contribution in [0.2, 0.25) is 0 Å². The van der Waals surface area contributed by atoms with Gasteiger partial charge in [0.25, 0.3) is 5.78 Å². The fourth-order valence-electron chi connectivity index (χ4n) is 4.20. The number of benzene rings is 3. The number of amides is 1. The van der Waals surface area contributed by atoms with Crippen molar-refractivity contribution >= 4 is 44.1 Å². The van der Waals surface area contributed by atoms with Gasteiger partial charge in [0.1, 0.15) is 23.4 Å². The van der Waals surface area contributed by atoms with Crippen LogP contribution >= 0.6 is 11.3 Å². The van der Waals surface area contributed by atoms with Crippen LogP contribution in [-0.4, -0.2) is 28.4 Å². The monoisotopic (exact) mass is 488 g/mol. The maximum absolute atomic E-state index is 15.1. The summed E-state index contributed by atoms with van der Waals surface area (Å²) in [5.74, 6) is -2.30. The summed E-state index contributed by atoms with van der Waals surface area (Å²) in [7, 11) is 0. The minimum Gasteiger partial charge on any atom is -0.507 e. The molecule has 1 aliphatic rings. The van der Waals surface area contributed by atoms with Gasteiger partial charge in [-0.3, -0.25) is 14.5 Å². The molecule has 0 saturated carbocycles. The average molecular weight is 489 g/mol. The number of ketones is 1. The van der Waals surface area contributed by atoms with Gasteiger partial charge >= 0.3 is 5.91 Å². The minimum absolute atomic E-state index is 0.0876. The van der Waals surface area contributed by atoms with E-state index in [1.54, 1.807) is 30.3 Å². The third-order valence-electron chi connectivity index (χ3n) is 5.80. The summed E-state index contributed by atoms with van der Waals surface area (Å²) < 4.78 is 21.4. The number of carbonyl (C=O) groups excluding carboxylic acids is 2. The van der Waals surface area contributed by atoms with E-state index in [0.717, 1.165) is 10.3 Å². The van der Waals surface area contributed by atoms with E-state index in [9.17, 15) is 14.7 Å². The van der Waals surface area contributed by atoms with Crippen molar-refractivity contribution in [1.82, 2.24) is 4.98 Å². The van der Waals surface area contributed by atoms with Crippen LogP contribution in [0.25, 0.3) is 16.0 Å². The van der Waals surface area contributed by atoms with Crippen molar-refractivity contribution in [3.8, 4) is 5.75 Å². The Hall–Kier alpha value is -4.04. The van der Waals surface area contributed by atoms with Gasteiger partial charge in [-0.05, 0) is 49.7 Å². The SMILES string of the molecule is CCOc1cccc(C(O)=C2C(=O)C(=O)N(c3nc4ccc(C)cc4s3)C2c2ccccc2F)c1. The van der Waals surface area contributed by atoms with Crippen LogP contribution in [0, 0.1) is 12.7 Å². The molecule has 5 rings (SSSR count). The number of hydrogen-bond acceptors (Lipinski definition) is 6. The van der Waals surface area contributed by atoms with Gasteiger partial charge in [0.15, 0.2) is 5.13 Å². The number of fused-ring (bicyclic) bond motifs is 1. The molecule has 1 fully saturated rings. The topological polar surface area (TPSA) is 79.7 Å². The lowest BCUT2D eigenvalue weighted by Gasteiger charge is -2.23. The van der Waals surface area contributed by atoms with E-state index in [1.165, 1.54) is 34.4 Å². The first-order chi connectivity index (χ1) is 16.9. The zero-order valence-corrected chi connectivity index (χ0v) is 19.8. The maximum atomic E-state index is 15.1. The summed E-state index contributed by atoms with van der Waals surface area (Å²) >= 11 is 1.23. The molecule has 176 valence electrons. The lowest BCUT2D eigenvalue weighted by atomic mass is 9.95. The van der Waals surface area contributed by atoms with Crippen LogP contribution in [0.1, 0.15) is 29.7 Å². The highest BCUT2D eigenvalue weighted by Gasteiger charge is 2.49. The molecule has 35 heavy (non-hydrogen) atoms. The predicted octanol–water partition coefficient (Wildman–Crippen LogP) is 5.77. The van der Waals surface area contributed by atoms with E-state index in [1.807, 2.05) is 32.0 Å². The number of aromatic nitrogens is 1. The maximum Gasteiger partial charge on any atom is 0.301 e.